The van der Waals surface area contributed by atoms with Crippen LogP contribution in [-0.2, 0) is 12.8 Å². The molecule has 1 saturated heterocycles. The van der Waals surface area contributed by atoms with E-state index in [4.69, 9.17) is 0 Å². The number of anilines is 1. The van der Waals surface area contributed by atoms with Crippen molar-refractivity contribution in [1.82, 2.24) is 14.9 Å². The minimum Gasteiger partial charge on any atom is -0.368 e. The smallest absolute Gasteiger partial charge is 0.255 e. The summed E-state index contributed by atoms with van der Waals surface area (Å²) in [6.45, 7) is 3.21. The monoisotopic (exact) mass is 322 g/mol. The molecule has 1 aliphatic heterocycles. The van der Waals surface area contributed by atoms with E-state index in [1.54, 1.807) is 6.20 Å². The summed E-state index contributed by atoms with van der Waals surface area (Å²) in [5.74, 6) is 0.116. The Bertz CT molecular complexity index is 723. The molecule has 24 heavy (non-hydrogen) atoms. The number of hydrogen-bond acceptors (Lipinski definition) is 4. The first-order valence-electron chi connectivity index (χ1n) is 8.73. The summed E-state index contributed by atoms with van der Waals surface area (Å²) in [5.41, 5.74) is 4.36. The highest BCUT2D eigenvalue weighted by molar-refractivity contribution is 5.94. The van der Waals surface area contributed by atoms with E-state index in [1.807, 2.05) is 29.4 Å². The van der Waals surface area contributed by atoms with Crippen molar-refractivity contribution in [2.45, 2.75) is 25.7 Å². The van der Waals surface area contributed by atoms with Crippen LogP contribution in [0.25, 0.3) is 0 Å². The first-order valence-corrected chi connectivity index (χ1v) is 8.73. The van der Waals surface area contributed by atoms with Crippen molar-refractivity contribution in [1.29, 1.82) is 0 Å². The Morgan fingerprint density at radius 3 is 2.54 bits per heavy atom. The van der Waals surface area contributed by atoms with E-state index in [0.29, 0.717) is 0 Å². The second-order valence-corrected chi connectivity index (χ2v) is 6.52. The maximum Gasteiger partial charge on any atom is 0.255 e. The number of nitrogens with zero attached hydrogens (tertiary/aromatic N) is 4. The third-order valence-corrected chi connectivity index (χ3v) is 5.01. The van der Waals surface area contributed by atoms with Gasteiger partial charge >= 0.3 is 0 Å². The predicted molar refractivity (Wildman–Crippen MR) is 93.2 cm³/mol. The Labute approximate surface area is 142 Å². The van der Waals surface area contributed by atoms with E-state index >= 15 is 0 Å². The van der Waals surface area contributed by atoms with Crippen LogP contribution in [0, 0.1) is 0 Å². The van der Waals surface area contributed by atoms with Crippen LogP contribution in [0.2, 0.25) is 0 Å². The minimum atomic E-state index is 0.116. The van der Waals surface area contributed by atoms with Gasteiger partial charge in [0.1, 0.15) is 0 Å². The molecule has 0 bridgehead atoms. The topological polar surface area (TPSA) is 49.3 Å². The lowest BCUT2D eigenvalue weighted by molar-refractivity contribution is 0.0746. The fraction of sp³-hybridized carbons (Fsp3) is 0.421. The Hall–Kier alpha value is -2.43. The second kappa shape index (κ2) is 6.59. The number of carbonyl (C=O) groups is 1. The van der Waals surface area contributed by atoms with Gasteiger partial charge in [0.15, 0.2) is 0 Å². The number of pyridine rings is 2. The first-order chi connectivity index (χ1) is 11.8. The summed E-state index contributed by atoms with van der Waals surface area (Å²) >= 11 is 0. The van der Waals surface area contributed by atoms with Crippen LogP contribution in [0.15, 0.2) is 36.8 Å². The maximum atomic E-state index is 12.8. The van der Waals surface area contributed by atoms with Gasteiger partial charge in [-0.25, -0.2) is 0 Å². The number of amides is 1. The molecule has 1 fully saturated rings. The molecule has 0 saturated carbocycles. The molecule has 3 heterocycles. The molecule has 2 aromatic heterocycles. The molecule has 2 aromatic rings. The second-order valence-electron chi connectivity index (χ2n) is 6.52. The Kier molecular flexibility index (Phi) is 4.15. The number of aryl methyl sites for hydroxylation is 2. The van der Waals surface area contributed by atoms with Crippen molar-refractivity contribution >= 4 is 11.6 Å². The summed E-state index contributed by atoms with van der Waals surface area (Å²) < 4.78 is 0. The standard InChI is InChI=1S/C19H22N4O/c24-19(16-13-15-3-1-2-4-18(15)21-14-16)23-11-9-22(10-12-23)17-5-7-20-8-6-17/h5-8,13-14H,1-4,9-12H2. The van der Waals surface area contributed by atoms with E-state index < -0.39 is 0 Å². The average molecular weight is 322 g/mol. The molecule has 0 aromatic carbocycles. The summed E-state index contributed by atoms with van der Waals surface area (Å²) in [5, 5.41) is 0. The normalized spacial score (nSPS) is 17.5. The first kappa shape index (κ1) is 15.1. The molecule has 5 heteroatoms. The van der Waals surface area contributed by atoms with E-state index in [9.17, 15) is 4.79 Å². The van der Waals surface area contributed by atoms with Crippen LogP contribution in [0.5, 0.6) is 0 Å². The number of piperazine rings is 1. The molecule has 0 N–H and O–H groups in total. The van der Waals surface area contributed by atoms with Gasteiger partial charge in [-0.1, -0.05) is 0 Å². The van der Waals surface area contributed by atoms with Crippen LogP contribution in [0.3, 0.4) is 0 Å². The van der Waals surface area contributed by atoms with Crippen LogP contribution in [0.1, 0.15) is 34.5 Å². The lowest BCUT2D eigenvalue weighted by Gasteiger charge is -2.36. The summed E-state index contributed by atoms with van der Waals surface area (Å²) in [4.78, 5) is 25.6. The zero-order chi connectivity index (χ0) is 16.4. The van der Waals surface area contributed by atoms with Gasteiger partial charge in [-0.2, -0.15) is 0 Å². The van der Waals surface area contributed by atoms with Crippen LogP contribution >= 0.6 is 0 Å². The molecule has 5 nitrogen and oxygen atoms in total. The van der Waals surface area contributed by atoms with Crippen molar-refractivity contribution in [3.63, 3.8) is 0 Å². The molecule has 4 rings (SSSR count). The average Bonchev–Trinajstić information content (AvgIpc) is 2.68. The summed E-state index contributed by atoms with van der Waals surface area (Å²) in [6, 6.07) is 6.11. The molecule has 0 unspecified atom stereocenters. The molecular formula is C19H22N4O. The zero-order valence-electron chi connectivity index (χ0n) is 13.8. The number of rotatable bonds is 2. The van der Waals surface area contributed by atoms with Gasteiger partial charge in [0.2, 0.25) is 0 Å². The molecule has 2 aliphatic rings. The van der Waals surface area contributed by atoms with E-state index in [-0.39, 0.29) is 5.91 Å². The van der Waals surface area contributed by atoms with Gasteiger partial charge in [0.25, 0.3) is 5.91 Å². The Morgan fingerprint density at radius 2 is 1.75 bits per heavy atom. The number of carbonyl (C=O) groups excluding carboxylic acids is 1. The lowest BCUT2D eigenvalue weighted by Crippen LogP contribution is -2.48. The van der Waals surface area contributed by atoms with Gasteiger partial charge in [-0.05, 0) is 49.4 Å². The van der Waals surface area contributed by atoms with Gasteiger partial charge in [0, 0.05) is 56.2 Å². The quantitative estimate of drug-likeness (QED) is 0.851. The highest BCUT2D eigenvalue weighted by Gasteiger charge is 2.23. The van der Waals surface area contributed by atoms with Gasteiger partial charge in [0.05, 0.1) is 5.56 Å². The predicted octanol–water partition coefficient (Wildman–Crippen LogP) is 2.32. The van der Waals surface area contributed by atoms with E-state index in [1.165, 1.54) is 29.8 Å². The fourth-order valence-electron chi connectivity index (χ4n) is 3.61. The van der Waals surface area contributed by atoms with Crippen molar-refractivity contribution in [2.24, 2.45) is 0 Å². The van der Waals surface area contributed by atoms with Crippen LogP contribution < -0.4 is 4.90 Å². The van der Waals surface area contributed by atoms with Crippen molar-refractivity contribution in [3.05, 3.63) is 53.6 Å². The molecular weight excluding hydrogens is 300 g/mol. The largest absolute Gasteiger partial charge is 0.368 e. The SMILES string of the molecule is O=C(c1cnc2c(c1)CCCC2)N1CCN(c2ccncc2)CC1. The molecule has 1 amide bonds. The third kappa shape index (κ3) is 2.98. The zero-order valence-corrected chi connectivity index (χ0v) is 13.8. The molecule has 1 aliphatic carbocycles. The van der Waals surface area contributed by atoms with Gasteiger partial charge in [-0.3, -0.25) is 14.8 Å². The van der Waals surface area contributed by atoms with Crippen LogP contribution in [0.4, 0.5) is 5.69 Å². The molecule has 0 radical (unpaired) electrons. The van der Waals surface area contributed by atoms with Gasteiger partial charge in [-0.15, -0.1) is 0 Å². The van der Waals surface area contributed by atoms with Crippen LogP contribution in [-0.4, -0.2) is 47.0 Å². The minimum absolute atomic E-state index is 0.116. The summed E-state index contributed by atoms with van der Waals surface area (Å²) in [6.07, 6.45) is 9.91. The van der Waals surface area contributed by atoms with E-state index in [0.717, 1.165) is 44.6 Å². The van der Waals surface area contributed by atoms with Crippen molar-refractivity contribution in [3.8, 4) is 0 Å². The Morgan fingerprint density at radius 1 is 1.00 bits per heavy atom. The Balaban J connectivity index is 1.43. The maximum absolute atomic E-state index is 12.8. The number of aromatic nitrogens is 2. The molecule has 124 valence electrons. The highest BCUT2D eigenvalue weighted by atomic mass is 16.2. The fourth-order valence-corrected chi connectivity index (χ4v) is 3.61. The number of fused-ring (bicyclic) bond motifs is 1. The highest BCUT2D eigenvalue weighted by Crippen LogP contribution is 2.21. The lowest BCUT2D eigenvalue weighted by atomic mass is 9.95. The van der Waals surface area contributed by atoms with Crippen molar-refractivity contribution < 1.29 is 4.79 Å². The molecule has 0 atom stereocenters. The van der Waals surface area contributed by atoms with E-state index in [2.05, 4.69) is 20.9 Å². The number of hydrogen-bond donors (Lipinski definition) is 0. The van der Waals surface area contributed by atoms with Crippen molar-refractivity contribution in [2.75, 3.05) is 31.1 Å². The van der Waals surface area contributed by atoms with Gasteiger partial charge < -0.3 is 9.80 Å². The summed E-state index contributed by atoms with van der Waals surface area (Å²) in [7, 11) is 0. The third-order valence-electron chi connectivity index (χ3n) is 5.01. The molecule has 0 spiro atoms.